The molecule has 0 spiro atoms. The first-order valence-electron chi connectivity index (χ1n) is 6.30. The highest BCUT2D eigenvalue weighted by Gasteiger charge is 2.29. The predicted molar refractivity (Wildman–Crippen MR) is 70.0 cm³/mol. The molecule has 17 heavy (non-hydrogen) atoms. The quantitative estimate of drug-likeness (QED) is 0.849. The number of nitrogens with zero attached hydrogens (tertiary/aromatic N) is 1. The van der Waals surface area contributed by atoms with Crippen LogP contribution in [-0.2, 0) is 0 Å². The molecule has 1 aliphatic heterocycles. The molecule has 0 amide bonds. The molecule has 0 radical (unpaired) electrons. The lowest BCUT2D eigenvalue weighted by atomic mass is 9.95. The highest BCUT2D eigenvalue weighted by Crippen LogP contribution is 2.25. The summed E-state index contributed by atoms with van der Waals surface area (Å²) >= 11 is 0. The molecule has 1 aromatic carbocycles. The number of benzene rings is 1. The Balaban J connectivity index is 2.24. The van der Waals surface area contributed by atoms with Crippen LogP contribution in [0.3, 0.4) is 0 Å². The first-order valence-corrected chi connectivity index (χ1v) is 6.30. The Morgan fingerprint density at radius 2 is 2.24 bits per heavy atom. The number of anilines is 1. The normalized spacial score (nSPS) is 25.1. The van der Waals surface area contributed by atoms with Crippen molar-refractivity contribution in [3.8, 4) is 0 Å². The van der Waals surface area contributed by atoms with E-state index in [0.29, 0.717) is 0 Å². The minimum absolute atomic E-state index is 0.0917. The number of hydrogen-bond donors (Lipinski definition) is 1. The predicted octanol–water partition coefficient (Wildman–Crippen LogP) is 2.71. The first kappa shape index (κ1) is 12.4. The molecule has 1 saturated heterocycles. The van der Waals surface area contributed by atoms with Gasteiger partial charge in [-0.3, -0.25) is 0 Å². The van der Waals surface area contributed by atoms with Crippen LogP contribution in [0.5, 0.6) is 0 Å². The Labute approximate surface area is 103 Å². The van der Waals surface area contributed by atoms with Gasteiger partial charge in [-0.15, -0.1) is 0 Å². The van der Waals surface area contributed by atoms with Gasteiger partial charge in [0, 0.05) is 25.2 Å². The molecule has 1 aliphatic rings. The largest absolute Gasteiger partial charge is 0.366 e. The lowest BCUT2D eigenvalue weighted by molar-refractivity contribution is 0.313. The molecule has 2 nitrogen and oxygen atoms in total. The van der Waals surface area contributed by atoms with Gasteiger partial charge in [-0.2, -0.15) is 0 Å². The Bertz CT molecular complexity index is 405. The van der Waals surface area contributed by atoms with E-state index in [1.54, 1.807) is 6.07 Å². The summed E-state index contributed by atoms with van der Waals surface area (Å²) in [5, 5.41) is 3.51. The average Bonchev–Trinajstić information content (AvgIpc) is 2.32. The molecular weight excluding hydrogens is 215 g/mol. The maximum atomic E-state index is 13.8. The second-order valence-electron chi connectivity index (χ2n) is 5.22. The van der Waals surface area contributed by atoms with Gasteiger partial charge in [0.15, 0.2) is 0 Å². The summed E-state index contributed by atoms with van der Waals surface area (Å²) in [5.74, 6) is -0.115. The second kappa shape index (κ2) is 4.65. The maximum absolute atomic E-state index is 13.8. The molecule has 1 fully saturated rings. The molecule has 2 rings (SSSR count). The topological polar surface area (TPSA) is 15.3 Å². The fourth-order valence-corrected chi connectivity index (χ4v) is 2.36. The zero-order valence-electron chi connectivity index (χ0n) is 10.9. The number of aryl methyl sites for hydroxylation is 1. The average molecular weight is 236 g/mol. The van der Waals surface area contributed by atoms with E-state index < -0.39 is 0 Å². The number of rotatable bonds is 2. The van der Waals surface area contributed by atoms with Crippen LogP contribution in [0.4, 0.5) is 10.1 Å². The minimum Gasteiger partial charge on any atom is -0.366 e. The lowest BCUT2D eigenvalue weighted by Gasteiger charge is -2.42. The van der Waals surface area contributed by atoms with E-state index in [1.165, 1.54) is 0 Å². The van der Waals surface area contributed by atoms with Gasteiger partial charge in [-0.25, -0.2) is 4.39 Å². The number of halogens is 1. The van der Waals surface area contributed by atoms with E-state index in [4.69, 9.17) is 0 Å². The van der Waals surface area contributed by atoms with Crippen molar-refractivity contribution in [2.45, 2.75) is 32.7 Å². The smallest absolute Gasteiger partial charge is 0.146 e. The molecule has 0 saturated carbocycles. The molecule has 1 N–H and O–H groups in total. The third-order valence-corrected chi connectivity index (χ3v) is 3.70. The third-order valence-electron chi connectivity index (χ3n) is 3.70. The van der Waals surface area contributed by atoms with Crippen molar-refractivity contribution in [3.63, 3.8) is 0 Å². The van der Waals surface area contributed by atoms with E-state index in [-0.39, 0.29) is 11.4 Å². The maximum Gasteiger partial charge on any atom is 0.146 e. The summed E-state index contributed by atoms with van der Waals surface area (Å²) in [6.07, 6.45) is 1.05. The highest BCUT2D eigenvalue weighted by atomic mass is 19.1. The fourth-order valence-electron chi connectivity index (χ4n) is 2.36. The summed E-state index contributed by atoms with van der Waals surface area (Å²) in [5.41, 5.74) is 1.94. The van der Waals surface area contributed by atoms with Crippen molar-refractivity contribution < 1.29 is 4.39 Å². The van der Waals surface area contributed by atoms with E-state index in [2.05, 4.69) is 24.1 Å². The van der Waals surface area contributed by atoms with Gasteiger partial charge < -0.3 is 10.2 Å². The standard InChI is InChI=1S/C14H21FN2/c1-4-14(3)10-17(8-7-16-14)13-9-11(2)5-6-12(13)15/h5-6,9,16H,4,7-8,10H2,1-3H3. The Hall–Kier alpha value is -1.09. The van der Waals surface area contributed by atoms with E-state index in [1.807, 2.05) is 19.1 Å². The van der Waals surface area contributed by atoms with Crippen LogP contribution in [-0.4, -0.2) is 25.2 Å². The van der Waals surface area contributed by atoms with E-state index in [0.717, 1.165) is 37.3 Å². The second-order valence-corrected chi connectivity index (χ2v) is 5.22. The molecular formula is C14H21FN2. The van der Waals surface area contributed by atoms with Gasteiger partial charge in [-0.05, 0) is 38.0 Å². The number of nitrogens with one attached hydrogen (secondary N) is 1. The summed E-state index contributed by atoms with van der Waals surface area (Å²) in [4.78, 5) is 2.16. The minimum atomic E-state index is -0.115. The third kappa shape index (κ3) is 2.60. The van der Waals surface area contributed by atoms with E-state index >= 15 is 0 Å². The van der Waals surface area contributed by atoms with Gasteiger partial charge in [-0.1, -0.05) is 13.0 Å². The van der Waals surface area contributed by atoms with Crippen LogP contribution >= 0.6 is 0 Å². The van der Waals surface area contributed by atoms with Crippen molar-refractivity contribution in [3.05, 3.63) is 29.6 Å². The summed E-state index contributed by atoms with van der Waals surface area (Å²) < 4.78 is 13.8. The van der Waals surface area contributed by atoms with Gasteiger partial charge in [0.2, 0.25) is 0 Å². The van der Waals surface area contributed by atoms with Gasteiger partial charge >= 0.3 is 0 Å². The molecule has 0 bridgehead atoms. The van der Waals surface area contributed by atoms with Crippen LogP contribution in [0, 0.1) is 12.7 Å². The van der Waals surface area contributed by atoms with E-state index in [9.17, 15) is 4.39 Å². The van der Waals surface area contributed by atoms with Crippen molar-refractivity contribution in [2.24, 2.45) is 0 Å². The monoisotopic (exact) mass is 236 g/mol. The Kier molecular flexibility index (Phi) is 3.38. The van der Waals surface area contributed by atoms with Gasteiger partial charge in [0.25, 0.3) is 0 Å². The molecule has 1 aromatic rings. The molecule has 94 valence electrons. The van der Waals surface area contributed by atoms with Crippen LogP contribution < -0.4 is 10.2 Å². The first-order chi connectivity index (χ1) is 8.04. The van der Waals surface area contributed by atoms with Crippen LogP contribution in [0.1, 0.15) is 25.8 Å². The van der Waals surface area contributed by atoms with Crippen molar-refractivity contribution in [1.82, 2.24) is 5.32 Å². The Morgan fingerprint density at radius 3 is 2.94 bits per heavy atom. The number of hydrogen-bond acceptors (Lipinski definition) is 2. The fraction of sp³-hybridized carbons (Fsp3) is 0.571. The Morgan fingerprint density at radius 1 is 1.47 bits per heavy atom. The van der Waals surface area contributed by atoms with Gasteiger partial charge in [0.1, 0.15) is 5.82 Å². The molecule has 1 atom stereocenters. The SMILES string of the molecule is CCC1(C)CN(c2cc(C)ccc2F)CCN1. The highest BCUT2D eigenvalue weighted by molar-refractivity contribution is 5.50. The van der Waals surface area contributed by atoms with Crippen LogP contribution in [0.2, 0.25) is 0 Å². The summed E-state index contributed by atoms with van der Waals surface area (Å²) in [6, 6.07) is 5.33. The summed E-state index contributed by atoms with van der Waals surface area (Å²) in [6.45, 7) is 9.03. The molecule has 0 aromatic heterocycles. The molecule has 1 heterocycles. The lowest BCUT2D eigenvalue weighted by Crippen LogP contribution is -2.58. The zero-order chi connectivity index (χ0) is 12.5. The van der Waals surface area contributed by atoms with Crippen LogP contribution in [0.15, 0.2) is 18.2 Å². The summed E-state index contributed by atoms with van der Waals surface area (Å²) in [7, 11) is 0. The molecule has 1 unspecified atom stereocenters. The number of piperazine rings is 1. The zero-order valence-corrected chi connectivity index (χ0v) is 10.9. The van der Waals surface area contributed by atoms with Crippen LogP contribution in [0.25, 0.3) is 0 Å². The van der Waals surface area contributed by atoms with Crippen molar-refractivity contribution >= 4 is 5.69 Å². The van der Waals surface area contributed by atoms with Crippen molar-refractivity contribution in [1.29, 1.82) is 0 Å². The van der Waals surface area contributed by atoms with Gasteiger partial charge in [0.05, 0.1) is 5.69 Å². The van der Waals surface area contributed by atoms with Crippen molar-refractivity contribution in [2.75, 3.05) is 24.5 Å². The molecule has 0 aliphatic carbocycles. The molecule has 3 heteroatoms.